The Bertz CT molecular complexity index is 539. The molecule has 0 radical (unpaired) electrons. The highest BCUT2D eigenvalue weighted by molar-refractivity contribution is 5.40. The van der Waals surface area contributed by atoms with Gasteiger partial charge in [0.25, 0.3) is 0 Å². The number of nitrogens with two attached hydrogens (primary N) is 1. The van der Waals surface area contributed by atoms with E-state index in [-0.39, 0.29) is 0 Å². The molecule has 1 aliphatic heterocycles. The fourth-order valence-electron chi connectivity index (χ4n) is 2.04. The van der Waals surface area contributed by atoms with Crippen molar-refractivity contribution in [3.63, 3.8) is 0 Å². The molecule has 94 valence electrons. The third-order valence-corrected chi connectivity index (χ3v) is 3.01. The summed E-state index contributed by atoms with van der Waals surface area (Å²) in [6.45, 7) is 3.86. The predicted octanol–water partition coefficient (Wildman–Crippen LogP) is 0.548. The van der Waals surface area contributed by atoms with E-state index in [1.54, 1.807) is 0 Å². The molecule has 3 heterocycles. The van der Waals surface area contributed by atoms with Crippen LogP contribution in [0.2, 0.25) is 0 Å². The molecule has 0 bridgehead atoms. The van der Waals surface area contributed by atoms with Crippen molar-refractivity contribution in [1.29, 1.82) is 0 Å². The first kappa shape index (κ1) is 10.9. The number of rotatable bonds is 2. The van der Waals surface area contributed by atoms with E-state index in [0.29, 0.717) is 17.7 Å². The van der Waals surface area contributed by atoms with Gasteiger partial charge in [0.05, 0.1) is 5.69 Å². The molecule has 0 aromatic carbocycles. The molecule has 1 aliphatic rings. The van der Waals surface area contributed by atoms with E-state index in [0.717, 1.165) is 18.8 Å². The molecular formula is C11H15N7. The molecule has 0 amide bonds. The van der Waals surface area contributed by atoms with Crippen LogP contribution in [0.1, 0.15) is 18.5 Å². The number of nitrogen functional groups attached to an aromatic ring is 1. The number of hydrogen-bond acceptors (Lipinski definition) is 6. The maximum absolute atomic E-state index is 5.87. The van der Waals surface area contributed by atoms with Gasteiger partial charge < -0.3 is 10.6 Å². The largest absolute Gasteiger partial charge is 0.368 e. The summed E-state index contributed by atoms with van der Waals surface area (Å²) in [4.78, 5) is 6.41. The van der Waals surface area contributed by atoms with Gasteiger partial charge in [-0.3, -0.25) is 0 Å². The minimum Gasteiger partial charge on any atom is -0.368 e. The van der Waals surface area contributed by atoms with E-state index in [1.165, 1.54) is 17.5 Å². The fourth-order valence-corrected chi connectivity index (χ4v) is 2.04. The highest BCUT2D eigenvalue weighted by atomic mass is 15.5. The lowest BCUT2D eigenvalue weighted by Gasteiger charge is -2.10. The summed E-state index contributed by atoms with van der Waals surface area (Å²) in [5.74, 6) is 1.61. The van der Waals surface area contributed by atoms with Crippen LogP contribution in [0.3, 0.4) is 0 Å². The smallest absolute Gasteiger partial charge is 0.247 e. The first-order valence-electron chi connectivity index (χ1n) is 6.02. The standard InChI is InChI=1S/C11H15N7/c1-8-4-5-9(15-14-8)18-10(12)13-11(16-18)17-6-2-3-7-17/h4-5H,2-3,6-7H2,1H3,(H2,12,13,16). The molecule has 3 rings (SSSR count). The maximum atomic E-state index is 5.87. The van der Waals surface area contributed by atoms with Gasteiger partial charge in [-0.15, -0.1) is 10.2 Å². The summed E-state index contributed by atoms with van der Waals surface area (Å²) in [6, 6.07) is 3.71. The third-order valence-electron chi connectivity index (χ3n) is 3.01. The van der Waals surface area contributed by atoms with E-state index in [4.69, 9.17) is 5.73 Å². The molecule has 1 fully saturated rings. The van der Waals surface area contributed by atoms with Crippen molar-refractivity contribution in [2.45, 2.75) is 19.8 Å². The van der Waals surface area contributed by atoms with Crippen molar-refractivity contribution in [2.24, 2.45) is 0 Å². The molecule has 2 N–H and O–H groups in total. The fraction of sp³-hybridized carbons (Fsp3) is 0.455. The molecule has 2 aromatic heterocycles. The average Bonchev–Trinajstić information content (AvgIpc) is 2.99. The van der Waals surface area contributed by atoms with Crippen LogP contribution >= 0.6 is 0 Å². The zero-order valence-electron chi connectivity index (χ0n) is 10.2. The van der Waals surface area contributed by atoms with Gasteiger partial charge in [-0.1, -0.05) is 0 Å². The number of aryl methyl sites for hydroxylation is 1. The first-order chi connectivity index (χ1) is 8.74. The van der Waals surface area contributed by atoms with E-state index in [1.807, 2.05) is 19.1 Å². The van der Waals surface area contributed by atoms with Gasteiger partial charge in [-0.25, -0.2) is 0 Å². The van der Waals surface area contributed by atoms with Crippen LogP contribution in [-0.2, 0) is 0 Å². The molecule has 18 heavy (non-hydrogen) atoms. The van der Waals surface area contributed by atoms with Gasteiger partial charge in [0.2, 0.25) is 11.9 Å². The van der Waals surface area contributed by atoms with Crippen LogP contribution in [0, 0.1) is 6.92 Å². The molecule has 0 aliphatic carbocycles. The van der Waals surface area contributed by atoms with Gasteiger partial charge in [0, 0.05) is 13.1 Å². The second-order valence-corrected chi connectivity index (χ2v) is 4.41. The quantitative estimate of drug-likeness (QED) is 0.831. The number of anilines is 2. The average molecular weight is 245 g/mol. The number of nitrogens with zero attached hydrogens (tertiary/aromatic N) is 6. The normalized spacial score (nSPS) is 15.3. The molecule has 0 spiro atoms. The van der Waals surface area contributed by atoms with Crippen LogP contribution in [0.15, 0.2) is 12.1 Å². The Balaban J connectivity index is 1.94. The van der Waals surface area contributed by atoms with E-state index in [9.17, 15) is 0 Å². The summed E-state index contributed by atoms with van der Waals surface area (Å²) >= 11 is 0. The molecule has 0 unspecified atom stereocenters. The van der Waals surface area contributed by atoms with E-state index < -0.39 is 0 Å². The van der Waals surface area contributed by atoms with Crippen molar-refractivity contribution in [1.82, 2.24) is 25.0 Å². The monoisotopic (exact) mass is 245 g/mol. The van der Waals surface area contributed by atoms with Gasteiger partial charge in [-0.05, 0) is 31.9 Å². The number of hydrogen-bond donors (Lipinski definition) is 1. The van der Waals surface area contributed by atoms with Crippen molar-refractivity contribution in [3.8, 4) is 5.82 Å². The molecule has 7 nitrogen and oxygen atoms in total. The van der Waals surface area contributed by atoms with Gasteiger partial charge in [0.1, 0.15) is 0 Å². The van der Waals surface area contributed by atoms with E-state index >= 15 is 0 Å². The van der Waals surface area contributed by atoms with Crippen LogP contribution in [0.5, 0.6) is 0 Å². The predicted molar refractivity (Wildman–Crippen MR) is 67.5 cm³/mol. The summed E-state index contributed by atoms with van der Waals surface area (Å²) in [5, 5.41) is 12.5. The molecule has 1 saturated heterocycles. The molecule has 7 heteroatoms. The SMILES string of the molecule is Cc1ccc(-n2nc(N3CCCC3)nc2N)nn1. The number of aromatic nitrogens is 5. The Morgan fingerprint density at radius 1 is 1.17 bits per heavy atom. The zero-order valence-corrected chi connectivity index (χ0v) is 10.2. The Morgan fingerprint density at radius 2 is 1.94 bits per heavy atom. The van der Waals surface area contributed by atoms with Gasteiger partial charge in [0.15, 0.2) is 5.82 Å². The second-order valence-electron chi connectivity index (χ2n) is 4.41. The minimum atomic E-state index is 0.343. The molecular weight excluding hydrogens is 230 g/mol. The minimum absolute atomic E-state index is 0.343. The van der Waals surface area contributed by atoms with Gasteiger partial charge >= 0.3 is 0 Å². The van der Waals surface area contributed by atoms with Crippen molar-refractivity contribution in [3.05, 3.63) is 17.8 Å². The van der Waals surface area contributed by atoms with Crippen molar-refractivity contribution in [2.75, 3.05) is 23.7 Å². The Hall–Kier alpha value is -2.18. The van der Waals surface area contributed by atoms with Crippen molar-refractivity contribution >= 4 is 11.9 Å². The Labute approximate surface area is 105 Å². The lowest BCUT2D eigenvalue weighted by atomic mass is 10.4. The van der Waals surface area contributed by atoms with Crippen LogP contribution in [0.4, 0.5) is 11.9 Å². The van der Waals surface area contributed by atoms with Crippen molar-refractivity contribution < 1.29 is 0 Å². The molecule has 0 saturated carbocycles. The lowest BCUT2D eigenvalue weighted by molar-refractivity contribution is 0.799. The highest BCUT2D eigenvalue weighted by Crippen LogP contribution is 2.18. The van der Waals surface area contributed by atoms with E-state index in [2.05, 4.69) is 25.2 Å². The summed E-state index contributed by atoms with van der Waals surface area (Å²) in [7, 11) is 0. The van der Waals surface area contributed by atoms with Crippen LogP contribution in [-0.4, -0.2) is 38.1 Å². The summed E-state index contributed by atoms with van der Waals surface area (Å²) in [6.07, 6.45) is 2.36. The van der Waals surface area contributed by atoms with Crippen LogP contribution in [0.25, 0.3) is 5.82 Å². The highest BCUT2D eigenvalue weighted by Gasteiger charge is 2.19. The zero-order chi connectivity index (χ0) is 12.5. The Morgan fingerprint density at radius 3 is 2.61 bits per heavy atom. The second kappa shape index (κ2) is 4.25. The Kier molecular flexibility index (Phi) is 2.58. The first-order valence-corrected chi connectivity index (χ1v) is 6.02. The molecule has 0 atom stereocenters. The third kappa shape index (κ3) is 1.87. The van der Waals surface area contributed by atoms with Crippen LogP contribution < -0.4 is 10.6 Å². The lowest BCUT2D eigenvalue weighted by Crippen LogP contribution is -2.19. The maximum Gasteiger partial charge on any atom is 0.247 e. The molecule has 2 aromatic rings. The summed E-state index contributed by atoms with van der Waals surface area (Å²) in [5.41, 5.74) is 6.73. The van der Waals surface area contributed by atoms with Gasteiger partial charge in [-0.2, -0.15) is 14.8 Å². The topological polar surface area (TPSA) is 85.8 Å². The summed E-state index contributed by atoms with van der Waals surface area (Å²) < 4.78 is 1.53.